The highest BCUT2D eigenvalue weighted by atomic mass is 16.5. The van der Waals surface area contributed by atoms with Crippen LogP contribution in [0.25, 0.3) is 0 Å². The number of hydrogen-bond donors (Lipinski definition) is 1. The van der Waals surface area contributed by atoms with Gasteiger partial charge in [0, 0.05) is 23.8 Å². The molecule has 3 heteroatoms. The SMILES string of the molecule is C=CCN=C(c1cc(C)ccc1[C@@H](CO)OC)C(C)(C)CC. The highest BCUT2D eigenvalue weighted by Gasteiger charge is 2.28. The first-order valence-electron chi connectivity index (χ1n) is 7.81. The molecule has 0 bridgehead atoms. The Hall–Kier alpha value is -1.45. The smallest absolute Gasteiger partial charge is 0.106 e. The Morgan fingerprint density at radius 3 is 2.64 bits per heavy atom. The molecule has 3 nitrogen and oxygen atoms in total. The fraction of sp³-hybridized carbons (Fsp3) is 0.526. The van der Waals surface area contributed by atoms with Gasteiger partial charge in [0.05, 0.1) is 13.2 Å². The minimum absolute atomic E-state index is 0.0478. The van der Waals surface area contributed by atoms with Crippen LogP contribution in [0, 0.1) is 12.3 Å². The zero-order valence-electron chi connectivity index (χ0n) is 14.5. The first-order chi connectivity index (χ1) is 10.4. The minimum atomic E-state index is -0.336. The Kier molecular flexibility index (Phi) is 6.98. The second-order valence-electron chi connectivity index (χ2n) is 6.21. The van der Waals surface area contributed by atoms with Gasteiger partial charge in [-0.2, -0.15) is 0 Å². The van der Waals surface area contributed by atoms with E-state index >= 15 is 0 Å². The highest BCUT2D eigenvalue weighted by molar-refractivity contribution is 6.05. The van der Waals surface area contributed by atoms with Crippen molar-refractivity contribution in [3.63, 3.8) is 0 Å². The molecule has 22 heavy (non-hydrogen) atoms. The van der Waals surface area contributed by atoms with Crippen LogP contribution in [-0.4, -0.2) is 31.1 Å². The molecule has 0 saturated heterocycles. The van der Waals surface area contributed by atoms with Gasteiger partial charge in [0.2, 0.25) is 0 Å². The summed E-state index contributed by atoms with van der Waals surface area (Å²) in [6.45, 7) is 12.9. The number of aliphatic imine (C=N–C) groups is 1. The molecule has 1 N–H and O–H groups in total. The third kappa shape index (κ3) is 4.28. The molecule has 0 heterocycles. The second kappa shape index (κ2) is 8.25. The van der Waals surface area contributed by atoms with Crippen LogP contribution in [0.1, 0.15) is 50.0 Å². The second-order valence-corrected chi connectivity index (χ2v) is 6.21. The predicted molar refractivity (Wildman–Crippen MR) is 93.7 cm³/mol. The first kappa shape index (κ1) is 18.6. The monoisotopic (exact) mass is 303 g/mol. The minimum Gasteiger partial charge on any atom is -0.393 e. The summed E-state index contributed by atoms with van der Waals surface area (Å²) in [5.41, 5.74) is 4.21. The number of ether oxygens (including phenoxy) is 1. The Morgan fingerprint density at radius 2 is 2.14 bits per heavy atom. The molecule has 0 saturated carbocycles. The van der Waals surface area contributed by atoms with E-state index in [0.717, 1.165) is 23.3 Å². The maximum absolute atomic E-state index is 9.61. The van der Waals surface area contributed by atoms with Gasteiger partial charge in [0.1, 0.15) is 6.10 Å². The normalized spacial score (nSPS) is 14.0. The molecule has 122 valence electrons. The maximum atomic E-state index is 9.61. The summed E-state index contributed by atoms with van der Waals surface area (Å²) in [5, 5.41) is 9.61. The summed E-state index contributed by atoms with van der Waals surface area (Å²) in [7, 11) is 1.62. The summed E-state index contributed by atoms with van der Waals surface area (Å²) >= 11 is 0. The lowest BCUT2D eigenvalue weighted by Gasteiger charge is -2.29. The number of aliphatic hydroxyl groups is 1. The van der Waals surface area contributed by atoms with Crippen molar-refractivity contribution < 1.29 is 9.84 Å². The average molecular weight is 303 g/mol. The van der Waals surface area contributed by atoms with Crippen molar-refractivity contribution in [1.29, 1.82) is 0 Å². The molecule has 0 aliphatic heterocycles. The van der Waals surface area contributed by atoms with E-state index in [1.165, 1.54) is 5.56 Å². The summed E-state index contributed by atoms with van der Waals surface area (Å²) in [5.74, 6) is 0. The summed E-state index contributed by atoms with van der Waals surface area (Å²) in [6, 6.07) is 6.21. The van der Waals surface area contributed by atoms with E-state index in [2.05, 4.69) is 40.3 Å². The fourth-order valence-electron chi connectivity index (χ4n) is 2.44. The molecule has 1 atom stereocenters. The Bertz CT molecular complexity index is 528. The zero-order chi connectivity index (χ0) is 16.8. The van der Waals surface area contributed by atoms with Crippen molar-refractivity contribution >= 4 is 5.71 Å². The number of rotatable bonds is 8. The van der Waals surface area contributed by atoms with Crippen molar-refractivity contribution in [3.8, 4) is 0 Å². The molecule has 0 aliphatic rings. The molecule has 0 aliphatic carbocycles. The van der Waals surface area contributed by atoms with Crippen molar-refractivity contribution in [1.82, 2.24) is 0 Å². The van der Waals surface area contributed by atoms with Crippen LogP contribution in [0.2, 0.25) is 0 Å². The van der Waals surface area contributed by atoms with Crippen LogP contribution < -0.4 is 0 Å². The number of hydrogen-bond acceptors (Lipinski definition) is 3. The lowest BCUT2D eigenvalue weighted by Crippen LogP contribution is -2.27. The van der Waals surface area contributed by atoms with Crippen LogP contribution in [-0.2, 0) is 4.74 Å². The van der Waals surface area contributed by atoms with E-state index in [1.807, 2.05) is 12.1 Å². The number of methoxy groups -OCH3 is 1. The molecule has 1 rings (SSSR count). The topological polar surface area (TPSA) is 41.8 Å². The zero-order valence-corrected chi connectivity index (χ0v) is 14.5. The van der Waals surface area contributed by atoms with Gasteiger partial charge in [-0.1, -0.05) is 44.5 Å². The Morgan fingerprint density at radius 1 is 1.45 bits per heavy atom. The molecule has 0 spiro atoms. The summed E-state index contributed by atoms with van der Waals surface area (Å²) in [6.07, 6.45) is 2.45. The fourth-order valence-corrected chi connectivity index (χ4v) is 2.44. The van der Waals surface area contributed by atoms with Crippen LogP contribution in [0.15, 0.2) is 35.8 Å². The Balaban J connectivity index is 3.53. The summed E-state index contributed by atoms with van der Waals surface area (Å²) in [4.78, 5) is 4.77. The number of aryl methyl sites for hydroxylation is 1. The van der Waals surface area contributed by atoms with Crippen molar-refractivity contribution in [2.24, 2.45) is 10.4 Å². The number of nitrogens with zero attached hydrogens (tertiary/aromatic N) is 1. The van der Waals surface area contributed by atoms with Crippen LogP contribution in [0.3, 0.4) is 0 Å². The molecular weight excluding hydrogens is 274 g/mol. The number of aliphatic hydroxyl groups excluding tert-OH is 1. The van der Waals surface area contributed by atoms with Gasteiger partial charge in [0.25, 0.3) is 0 Å². The van der Waals surface area contributed by atoms with Gasteiger partial charge in [-0.05, 0) is 25.0 Å². The molecule has 0 radical (unpaired) electrons. The van der Waals surface area contributed by atoms with Gasteiger partial charge >= 0.3 is 0 Å². The molecule has 0 fully saturated rings. The van der Waals surface area contributed by atoms with Gasteiger partial charge < -0.3 is 9.84 Å². The maximum Gasteiger partial charge on any atom is 0.106 e. The molecule has 1 aromatic rings. The Labute approximate surface area is 134 Å². The standard InChI is InChI=1S/C19H29NO2/c1-7-11-20-18(19(4,5)8-2)16-12-14(3)9-10-15(16)17(13-21)22-6/h7,9-10,12,17,21H,1,8,11,13H2,2-6H3/t17-/m1/s1. The van der Waals surface area contributed by atoms with Crippen LogP contribution in [0.5, 0.6) is 0 Å². The lowest BCUT2D eigenvalue weighted by molar-refractivity contribution is 0.0482. The van der Waals surface area contributed by atoms with Crippen molar-refractivity contribution in [2.75, 3.05) is 20.3 Å². The third-order valence-corrected chi connectivity index (χ3v) is 4.16. The van der Waals surface area contributed by atoms with Crippen LogP contribution >= 0.6 is 0 Å². The average Bonchev–Trinajstić information content (AvgIpc) is 2.50. The molecule has 0 amide bonds. The van der Waals surface area contributed by atoms with E-state index in [9.17, 15) is 5.11 Å². The predicted octanol–water partition coefficient (Wildman–Crippen LogP) is 4.09. The molecule has 0 unspecified atom stereocenters. The van der Waals surface area contributed by atoms with Gasteiger partial charge in [-0.3, -0.25) is 4.99 Å². The van der Waals surface area contributed by atoms with Gasteiger partial charge in [-0.25, -0.2) is 0 Å². The number of benzene rings is 1. The molecule has 1 aromatic carbocycles. The molecular formula is C19H29NO2. The first-order valence-corrected chi connectivity index (χ1v) is 7.81. The van der Waals surface area contributed by atoms with Crippen LogP contribution in [0.4, 0.5) is 0 Å². The molecule has 0 aromatic heterocycles. The van der Waals surface area contributed by atoms with E-state index in [4.69, 9.17) is 9.73 Å². The lowest BCUT2D eigenvalue weighted by atomic mass is 9.78. The summed E-state index contributed by atoms with van der Waals surface area (Å²) < 4.78 is 5.44. The van der Waals surface area contributed by atoms with Crippen molar-refractivity contribution in [3.05, 3.63) is 47.5 Å². The quantitative estimate of drug-likeness (QED) is 0.580. The van der Waals surface area contributed by atoms with E-state index in [-0.39, 0.29) is 18.1 Å². The largest absolute Gasteiger partial charge is 0.393 e. The van der Waals surface area contributed by atoms with Gasteiger partial charge in [0.15, 0.2) is 0 Å². The van der Waals surface area contributed by atoms with E-state index in [1.54, 1.807) is 13.2 Å². The van der Waals surface area contributed by atoms with E-state index < -0.39 is 0 Å². The third-order valence-electron chi connectivity index (χ3n) is 4.16. The van der Waals surface area contributed by atoms with Crippen molar-refractivity contribution in [2.45, 2.75) is 40.2 Å². The highest BCUT2D eigenvalue weighted by Crippen LogP contribution is 2.32. The van der Waals surface area contributed by atoms with Gasteiger partial charge in [-0.15, -0.1) is 6.58 Å². The van der Waals surface area contributed by atoms with E-state index in [0.29, 0.717) is 6.54 Å².